The average molecular weight is 158 g/mol. The normalized spacial score (nSPS) is 9.09. The van der Waals surface area contributed by atoms with Gasteiger partial charge in [-0.05, 0) is 12.1 Å². The highest BCUT2D eigenvalue weighted by Crippen LogP contribution is 1.93. The summed E-state index contributed by atoms with van der Waals surface area (Å²) >= 11 is 0. The van der Waals surface area contributed by atoms with Crippen molar-refractivity contribution in [2.24, 2.45) is 0 Å². The van der Waals surface area contributed by atoms with Gasteiger partial charge in [-0.3, -0.25) is 0 Å². The second-order valence-corrected chi connectivity index (χ2v) is 3.50. The van der Waals surface area contributed by atoms with Crippen LogP contribution in [0, 0.1) is 11.5 Å². The summed E-state index contributed by atoms with van der Waals surface area (Å²) < 4.78 is 0. The predicted molar refractivity (Wildman–Crippen MR) is 52.1 cm³/mol. The molecule has 0 nitrogen and oxygen atoms in total. The molecule has 0 amide bonds. The van der Waals surface area contributed by atoms with Crippen LogP contribution in [0.25, 0.3) is 0 Å². The Morgan fingerprint density at radius 2 is 2.00 bits per heavy atom. The number of hydrogen-bond donors (Lipinski definition) is 0. The average Bonchev–Trinajstić information content (AvgIpc) is 2.07. The van der Waals surface area contributed by atoms with Crippen LogP contribution in [0.2, 0.25) is 0 Å². The van der Waals surface area contributed by atoms with Crippen molar-refractivity contribution in [2.45, 2.75) is 0 Å². The SMILES string of the molecule is C=C[SiH2]C#Cc1ccccc1. The van der Waals surface area contributed by atoms with Crippen LogP contribution in [0.5, 0.6) is 0 Å². The molecule has 0 saturated carbocycles. The third kappa shape index (κ3) is 2.88. The van der Waals surface area contributed by atoms with Gasteiger partial charge in [0.15, 0.2) is 0 Å². The summed E-state index contributed by atoms with van der Waals surface area (Å²) in [5.41, 5.74) is 6.16. The van der Waals surface area contributed by atoms with E-state index in [1.807, 2.05) is 36.0 Å². The van der Waals surface area contributed by atoms with Gasteiger partial charge in [0.25, 0.3) is 0 Å². The van der Waals surface area contributed by atoms with Crippen molar-refractivity contribution >= 4 is 9.52 Å². The number of rotatable bonds is 1. The molecule has 0 aliphatic rings. The van der Waals surface area contributed by atoms with Crippen molar-refractivity contribution in [3.05, 3.63) is 48.2 Å². The first-order valence-corrected chi connectivity index (χ1v) is 5.10. The molecule has 0 N–H and O–H groups in total. The largest absolute Gasteiger partial charge is 0.130 e. The van der Waals surface area contributed by atoms with Crippen molar-refractivity contribution in [1.29, 1.82) is 0 Å². The number of benzene rings is 1. The molecule has 0 radical (unpaired) electrons. The first kappa shape index (κ1) is 7.84. The maximum Gasteiger partial charge on any atom is 0.130 e. The lowest BCUT2D eigenvalue weighted by Crippen LogP contribution is -1.76. The Bertz CT molecular complexity index is 277. The third-order valence-corrected chi connectivity index (χ3v) is 1.92. The highest BCUT2D eigenvalue weighted by Gasteiger charge is 1.78. The zero-order valence-electron chi connectivity index (χ0n) is 6.38. The Hall–Kier alpha value is -1.26. The third-order valence-electron chi connectivity index (χ3n) is 1.25. The molecular weight excluding hydrogens is 148 g/mol. The lowest BCUT2D eigenvalue weighted by Gasteiger charge is -1.84. The topological polar surface area (TPSA) is 0 Å². The fourth-order valence-corrected chi connectivity index (χ4v) is 1.20. The van der Waals surface area contributed by atoms with Crippen molar-refractivity contribution in [3.8, 4) is 11.5 Å². The van der Waals surface area contributed by atoms with E-state index in [1.54, 1.807) is 0 Å². The van der Waals surface area contributed by atoms with Gasteiger partial charge in [0.2, 0.25) is 0 Å². The van der Waals surface area contributed by atoms with Gasteiger partial charge in [-0.1, -0.05) is 29.8 Å². The number of hydrogen-bond acceptors (Lipinski definition) is 0. The van der Waals surface area contributed by atoms with Gasteiger partial charge in [-0.2, -0.15) is 0 Å². The van der Waals surface area contributed by atoms with Crippen molar-refractivity contribution < 1.29 is 0 Å². The van der Waals surface area contributed by atoms with Gasteiger partial charge in [-0.15, -0.1) is 12.1 Å². The minimum absolute atomic E-state index is 0.319. The molecule has 1 aromatic carbocycles. The minimum Gasteiger partial charge on any atom is -0.129 e. The molecule has 0 bridgehead atoms. The molecule has 0 heterocycles. The highest BCUT2D eigenvalue weighted by molar-refractivity contribution is 6.51. The van der Waals surface area contributed by atoms with Crippen molar-refractivity contribution in [1.82, 2.24) is 0 Å². The molecule has 0 atom stereocenters. The molecule has 1 rings (SSSR count). The molecule has 0 unspecified atom stereocenters. The molecule has 1 aromatic rings. The summed E-state index contributed by atoms with van der Waals surface area (Å²) in [6.45, 7) is 3.65. The van der Waals surface area contributed by atoms with E-state index < -0.39 is 0 Å². The molecule has 0 aliphatic carbocycles. The van der Waals surface area contributed by atoms with Gasteiger partial charge in [0, 0.05) is 5.56 Å². The second kappa shape index (κ2) is 4.54. The van der Waals surface area contributed by atoms with Crippen molar-refractivity contribution in [3.63, 3.8) is 0 Å². The highest BCUT2D eigenvalue weighted by atomic mass is 28.2. The van der Waals surface area contributed by atoms with E-state index >= 15 is 0 Å². The molecule has 0 aromatic heterocycles. The quantitative estimate of drug-likeness (QED) is 0.427. The van der Waals surface area contributed by atoms with Crippen molar-refractivity contribution in [2.75, 3.05) is 0 Å². The Balaban J connectivity index is 2.66. The van der Waals surface area contributed by atoms with E-state index in [9.17, 15) is 0 Å². The van der Waals surface area contributed by atoms with Crippen LogP contribution in [0.3, 0.4) is 0 Å². The zero-order chi connectivity index (χ0) is 7.94. The Morgan fingerprint density at radius 3 is 2.64 bits per heavy atom. The summed E-state index contributed by atoms with van der Waals surface area (Å²) in [4.78, 5) is 0. The summed E-state index contributed by atoms with van der Waals surface area (Å²) in [6.07, 6.45) is 0. The first-order valence-electron chi connectivity index (χ1n) is 3.58. The summed E-state index contributed by atoms with van der Waals surface area (Å²) in [5.74, 6) is 3.09. The summed E-state index contributed by atoms with van der Waals surface area (Å²) in [5, 5.41) is 0. The fourth-order valence-electron chi connectivity index (χ4n) is 0.747. The fraction of sp³-hybridized carbons (Fsp3) is 0. The smallest absolute Gasteiger partial charge is 0.129 e. The van der Waals surface area contributed by atoms with E-state index in [1.165, 1.54) is 0 Å². The van der Waals surface area contributed by atoms with E-state index in [0.29, 0.717) is 0 Å². The van der Waals surface area contributed by atoms with Crippen LogP contribution in [-0.4, -0.2) is 9.52 Å². The standard InChI is InChI=1S/C10H10Si/c1-2-11-9-8-10-6-4-3-5-7-10/h2-7H,1,11H2. The zero-order valence-corrected chi connectivity index (χ0v) is 7.79. The molecule has 0 saturated heterocycles. The van der Waals surface area contributed by atoms with Crippen LogP contribution in [0.1, 0.15) is 5.56 Å². The Morgan fingerprint density at radius 1 is 1.27 bits per heavy atom. The molecule has 1 heteroatoms. The van der Waals surface area contributed by atoms with Crippen LogP contribution >= 0.6 is 0 Å². The maximum atomic E-state index is 3.65. The van der Waals surface area contributed by atoms with Crippen LogP contribution in [-0.2, 0) is 0 Å². The van der Waals surface area contributed by atoms with E-state index in [-0.39, 0.29) is 9.52 Å². The first-order chi connectivity index (χ1) is 5.43. The molecule has 0 spiro atoms. The Kier molecular flexibility index (Phi) is 3.23. The van der Waals surface area contributed by atoms with Gasteiger partial charge in [0.05, 0.1) is 0 Å². The van der Waals surface area contributed by atoms with Crippen LogP contribution in [0.4, 0.5) is 0 Å². The Labute approximate surface area is 69.8 Å². The van der Waals surface area contributed by atoms with Gasteiger partial charge >= 0.3 is 0 Å². The summed E-state index contributed by atoms with van der Waals surface area (Å²) in [7, 11) is -0.319. The van der Waals surface area contributed by atoms with Crippen LogP contribution < -0.4 is 0 Å². The maximum absolute atomic E-state index is 3.65. The van der Waals surface area contributed by atoms with Gasteiger partial charge < -0.3 is 0 Å². The molecule has 0 fully saturated rings. The molecule has 11 heavy (non-hydrogen) atoms. The molecule has 0 aliphatic heterocycles. The second-order valence-electron chi connectivity index (χ2n) is 2.16. The molecule has 54 valence electrons. The van der Waals surface area contributed by atoms with Crippen LogP contribution in [0.15, 0.2) is 42.6 Å². The molecular formula is C10H10Si. The van der Waals surface area contributed by atoms with Gasteiger partial charge in [0.1, 0.15) is 9.52 Å². The van der Waals surface area contributed by atoms with E-state index in [2.05, 4.69) is 18.0 Å². The minimum atomic E-state index is -0.319. The summed E-state index contributed by atoms with van der Waals surface area (Å²) in [6, 6.07) is 10.0. The van der Waals surface area contributed by atoms with Gasteiger partial charge in [-0.25, -0.2) is 0 Å². The predicted octanol–water partition coefficient (Wildman–Crippen LogP) is 1.31. The lowest BCUT2D eigenvalue weighted by atomic mass is 10.2. The lowest BCUT2D eigenvalue weighted by molar-refractivity contribution is 1.65. The monoisotopic (exact) mass is 158 g/mol. The van der Waals surface area contributed by atoms with E-state index in [0.717, 1.165) is 5.56 Å². The van der Waals surface area contributed by atoms with E-state index in [4.69, 9.17) is 0 Å².